The number of nitrogens with one attached hydrogen (secondary N) is 1. The van der Waals surface area contributed by atoms with Crippen molar-refractivity contribution in [3.8, 4) is 5.75 Å². The first-order chi connectivity index (χ1) is 7.31. The Morgan fingerprint density at radius 3 is 2.62 bits per heavy atom. The molecule has 0 aliphatic carbocycles. The second kappa shape index (κ2) is 5.92. The van der Waals surface area contributed by atoms with Gasteiger partial charge in [0.05, 0.1) is 12.8 Å². The third kappa shape index (κ3) is 2.77. The fourth-order valence-electron chi connectivity index (χ4n) is 1.82. The van der Waals surface area contributed by atoms with E-state index in [4.69, 9.17) is 4.74 Å². The average molecular weight is 247 g/mol. The summed E-state index contributed by atoms with van der Waals surface area (Å²) in [4.78, 5) is 2.20. The monoisotopic (exact) mass is 246 g/mol. The number of methoxy groups -OCH3 is 1. The number of benzene rings is 1. The van der Waals surface area contributed by atoms with Gasteiger partial charge in [-0.3, -0.25) is 0 Å². The minimum absolute atomic E-state index is 0. The molecule has 1 fully saturated rings. The molecule has 2 rings (SSSR count). The summed E-state index contributed by atoms with van der Waals surface area (Å²) in [5, 5.41) is 3.28. The minimum Gasteiger partial charge on any atom is -0.494 e. The SMILES string of the molecule is COc1cc(F)ccc1N1CCNCC1.Cl. The molecule has 0 atom stereocenters. The number of nitrogens with zero attached hydrogens (tertiary/aromatic N) is 1. The van der Waals surface area contributed by atoms with Crippen molar-refractivity contribution in [3.63, 3.8) is 0 Å². The highest BCUT2D eigenvalue weighted by atomic mass is 35.5. The summed E-state index contributed by atoms with van der Waals surface area (Å²) in [7, 11) is 1.57. The molecule has 1 aliphatic heterocycles. The van der Waals surface area contributed by atoms with Gasteiger partial charge >= 0.3 is 0 Å². The Bertz CT molecular complexity index is 343. The highest BCUT2D eigenvalue weighted by Crippen LogP contribution is 2.28. The number of anilines is 1. The van der Waals surface area contributed by atoms with E-state index >= 15 is 0 Å². The van der Waals surface area contributed by atoms with Gasteiger partial charge in [0, 0.05) is 32.2 Å². The van der Waals surface area contributed by atoms with Gasteiger partial charge in [-0.25, -0.2) is 4.39 Å². The lowest BCUT2D eigenvalue weighted by atomic mass is 10.2. The summed E-state index contributed by atoms with van der Waals surface area (Å²) < 4.78 is 18.2. The standard InChI is InChI=1S/C11H15FN2O.ClH/c1-15-11-8-9(12)2-3-10(11)14-6-4-13-5-7-14;/h2-3,8,13H,4-7H2,1H3;1H. The first kappa shape index (κ1) is 13.1. The molecule has 3 nitrogen and oxygen atoms in total. The number of piperazine rings is 1. The molecule has 1 aromatic carbocycles. The molecule has 1 aromatic rings. The van der Waals surface area contributed by atoms with Crippen LogP contribution in [0.5, 0.6) is 5.75 Å². The molecule has 0 spiro atoms. The summed E-state index contributed by atoms with van der Waals surface area (Å²) in [6.45, 7) is 3.78. The summed E-state index contributed by atoms with van der Waals surface area (Å²) in [6.07, 6.45) is 0. The van der Waals surface area contributed by atoms with Crippen molar-refractivity contribution < 1.29 is 9.13 Å². The van der Waals surface area contributed by atoms with Crippen LogP contribution in [0.25, 0.3) is 0 Å². The Balaban J connectivity index is 0.00000128. The summed E-state index contributed by atoms with van der Waals surface area (Å²) in [5.74, 6) is 0.350. The fourth-order valence-corrected chi connectivity index (χ4v) is 1.82. The maximum absolute atomic E-state index is 13.0. The fraction of sp³-hybridized carbons (Fsp3) is 0.455. The predicted molar refractivity (Wildman–Crippen MR) is 65.3 cm³/mol. The number of rotatable bonds is 2. The molecule has 1 N–H and O–H groups in total. The number of ether oxygens (including phenoxy) is 1. The van der Waals surface area contributed by atoms with E-state index in [9.17, 15) is 4.39 Å². The van der Waals surface area contributed by atoms with Gasteiger partial charge in [-0.2, -0.15) is 0 Å². The predicted octanol–water partition coefficient (Wildman–Crippen LogP) is 1.67. The highest BCUT2D eigenvalue weighted by molar-refractivity contribution is 5.85. The lowest BCUT2D eigenvalue weighted by Gasteiger charge is -2.30. The van der Waals surface area contributed by atoms with Crippen LogP contribution < -0.4 is 15.0 Å². The van der Waals surface area contributed by atoms with Gasteiger partial charge < -0.3 is 15.0 Å². The Hall–Kier alpha value is -1.00. The van der Waals surface area contributed by atoms with Crippen molar-refractivity contribution in [1.82, 2.24) is 5.32 Å². The van der Waals surface area contributed by atoms with Crippen LogP contribution in [-0.4, -0.2) is 33.3 Å². The smallest absolute Gasteiger partial charge is 0.145 e. The van der Waals surface area contributed by atoms with E-state index in [1.54, 1.807) is 13.2 Å². The molecular weight excluding hydrogens is 231 g/mol. The first-order valence-electron chi connectivity index (χ1n) is 5.10. The van der Waals surface area contributed by atoms with Gasteiger partial charge in [-0.05, 0) is 12.1 Å². The molecule has 1 saturated heterocycles. The van der Waals surface area contributed by atoms with Crippen molar-refractivity contribution >= 4 is 18.1 Å². The molecule has 5 heteroatoms. The topological polar surface area (TPSA) is 24.5 Å². The van der Waals surface area contributed by atoms with Crippen LogP contribution in [0.15, 0.2) is 18.2 Å². The van der Waals surface area contributed by atoms with Crippen LogP contribution in [0.1, 0.15) is 0 Å². The van der Waals surface area contributed by atoms with E-state index in [1.165, 1.54) is 12.1 Å². The van der Waals surface area contributed by atoms with Gasteiger partial charge in [0.1, 0.15) is 11.6 Å². The molecule has 16 heavy (non-hydrogen) atoms. The zero-order chi connectivity index (χ0) is 10.7. The minimum atomic E-state index is -0.259. The van der Waals surface area contributed by atoms with Crippen molar-refractivity contribution in [2.75, 3.05) is 38.2 Å². The Morgan fingerprint density at radius 1 is 1.31 bits per heavy atom. The van der Waals surface area contributed by atoms with Gasteiger partial charge in [-0.15, -0.1) is 12.4 Å². The van der Waals surface area contributed by atoms with Crippen LogP contribution in [0.2, 0.25) is 0 Å². The lowest BCUT2D eigenvalue weighted by molar-refractivity contribution is 0.409. The van der Waals surface area contributed by atoms with Crippen LogP contribution in [0.3, 0.4) is 0 Å². The van der Waals surface area contributed by atoms with Crippen LogP contribution >= 0.6 is 12.4 Å². The molecule has 1 heterocycles. The van der Waals surface area contributed by atoms with Gasteiger partial charge in [0.2, 0.25) is 0 Å². The zero-order valence-electron chi connectivity index (χ0n) is 9.20. The van der Waals surface area contributed by atoms with E-state index in [0.29, 0.717) is 5.75 Å². The molecule has 90 valence electrons. The summed E-state index contributed by atoms with van der Waals surface area (Å²) in [6, 6.07) is 4.68. The Morgan fingerprint density at radius 2 is 2.00 bits per heavy atom. The van der Waals surface area contributed by atoms with Crippen molar-refractivity contribution in [2.45, 2.75) is 0 Å². The van der Waals surface area contributed by atoms with Crippen LogP contribution in [0.4, 0.5) is 10.1 Å². The quantitative estimate of drug-likeness (QED) is 0.859. The highest BCUT2D eigenvalue weighted by Gasteiger charge is 2.14. The van der Waals surface area contributed by atoms with Gasteiger partial charge in [0.25, 0.3) is 0 Å². The van der Waals surface area contributed by atoms with Crippen LogP contribution in [0, 0.1) is 5.82 Å². The maximum Gasteiger partial charge on any atom is 0.145 e. The molecule has 0 amide bonds. The molecule has 1 aliphatic rings. The summed E-state index contributed by atoms with van der Waals surface area (Å²) >= 11 is 0. The summed E-state index contributed by atoms with van der Waals surface area (Å²) in [5.41, 5.74) is 0.973. The number of hydrogen-bond donors (Lipinski definition) is 1. The molecule has 0 saturated carbocycles. The largest absolute Gasteiger partial charge is 0.494 e. The zero-order valence-corrected chi connectivity index (χ0v) is 10.0. The van der Waals surface area contributed by atoms with Crippen LogP contribution in [-0.2, 0) is 0 Å². The second-order valence-corrected chi connectivity index (χ2v) is 3.55. The normalized spacial score (nSPS) is 15.5. The van der Waals surface area contributed by atoms with Crippen molar-refractivity contribution in [2.24, 2.45) is 0 Å². The van der Waals surface area contributed by atoms with E-state index in [-0.39, 0.29) is 18.2 Å². The Labute approximate surface area is 101 Å². The van der Waals surface area contributed by atoms with Gasteiger partial charge in [0.15, 0.2) is 0 Å². The molecular formula is C11H16ClFN2O. The number of hydrogen-bond acceptors (Lipinski definition) is 3. The first-order valence-corrected chi connectivity index (χ1v) is 5.10. The molecule has 0 radical (unpaired) electrons. The Kier molecular flexibility index (Phi) is 4.83. The average Bonchev–Trinajstić information content (AvgIpc) is 2.30. The van der Waals surface area contributed by atoms with Gasteiger partial charge in [-0.1, -0.05) is 0 Å². The third-order valence-corrected chi connectivity index (χ3v) is 2.60. The van der Waals surface area contributed by atoms with E-state index in [0.717, 1.165) is 31.9 Å². The lowest BCUT2D eigenvalue weighted by Crippen LogP contribution is -2.43. The number of halogens is 2. The van der Waals surface area contributed by atoms with E-state index in [2.05, 4.69) is 10.2 Å². The molecule has 0 bridgehead atoms. The molecule has 0 aromatic heterocycles. The van der Waals surface area contributed by atoms with E-state index < -0.39 is 0 Å². The van der Waals surface area contributed by atoms with E-state index in [1.807, 2.05) is 0 Å². The second-order valence-electron chi connectivity index (χ2n) is 3.55. The third-order valence-electron chi connectivity index (χ3n) is 2.60. The van der Waals surface area contributed by atoms with Crippen molar-refractivity contribution in [3.05, 3.63) is 24.0 Å². The van der Waals surface area contributed by atoms with Crippen molar-refractivity contribution in [1.29, 1.82) is 0 Å². The maximum atomic E-state index is 13.0. The molecule has 0 unspecified atom stereocenters.